The summed E-state index contributed by atoms with van der Waals surface area (Å²) >= 11 is 0. The first-order valence-corrected chi connectivity index (χ1v) is 13.1. The smallest absolute Gasteiger partial charge is 0.150 e. The van der Waals surface area contributed by atoms with Crippen molar-refractivity contribution in [3.05, 3.63) is 72.6 Å². The van der Waals surface area contributed by atoms with Crippen LogP contribution in [0, 0.1) is 12.7 Å². The van der Waals surface area contributed by atoms with Gasteiger partial charge in [-0.2, -0.15) is 4.36 Å². The lowest BCUT2D eigenvalue weighted by atomic mass is 10.1. The fourth-order valence-electron chi connectivity index (χ4n) is 3.97. The third-order valence-electron chi connectivity index (χ3n) is 5.75. The summed E-state index contributed by atoms with van der Waals surface area (Å²) in [5.74, 6) is 0.228. The van der Waals surface area contributed by atoms with E-state index in [-0.39, 0.29) is 19.0 Å². The van der Waals surface area contributed by atoms with Crippen molar-refractivity contribution in [2.24, 2.45) is 4.36 Å². The van der Waals surface area contributed by atoms with Crippen molar-refractivity contribution >= 4 is 37.8 Å². The molecule has 186 valence electrons. The molecule has 36 heavy (non-hydrogen) atoms. The summed E-state index contributed by atoms with van der Waals surface area (Å²) in [7, 11) is -2.71. The predicted octanol–water partition coefficient (Wildman–Crippen LogP) is 4.14. The van der Waals surface area contributed by atoms with Crippen molar-refractivity contribution in [1.29, 1.82) is 0 Å². The van der Waals surface area contributed by atoms with Gasteiger partial charge in [-0.25, -0.2) is 18.6 Å². The number of fused-ring (bicyclic) bond motifs is 1. The molecule has 1 aliphatic heterocycles. The number of aryl methyl sites for hydroxylation is 1. The average molecular weight is 510 g/mol. The molecule has 1 aliphatic rings. The normalized spacial score (nSPS) is 19.1. The van der Waals surface area contributed by atoms with Gasteiger partial charge in [-0.1, -0.05) is 0 Å². The molecular formula is C25H24FN5O4S. The molecule has 3 heterocycles. The molecule has 2 aromatic heterocycles. The number of halogens is 1. The number of nitrogens with zero attached hydrogens (tertiary/aromatic N) is 4. The zero-order valence-electron chi connectivity index (χ0n) is 19.6. The Hall–Kier alpha value is -3.67. The van der Waals surface area contributed by atoms with Gasteiger partial charge in [0.15, 0.2) is 6.10 Å². The molecule has 0 spiro atoms. The number of hydrogen-bond donors (Lipinski definition) is 2. The standard InChI is InChI=1S/C25H24FN5O4S/c1-15-8-17(31-36(2,33)18-4-3-7-27-11-18)10-20-24(15)25(29-14-28-20)30-19-6-5-16(26)9-22(19)35-23-13-34-12-21(23)32/h3-11,14,21,23,32H,12-13H2,1-2H3,(H,28,29,30)/t21-,23-,36?/m0/s1. The molecule has 0 aliphatic carbocycles. The first kappa shape index (κ1) is 24.0. The number of aliphatic hydroxyl groups is 1. The van der Waals surface area contributed by atoms with Crippen LogP contribution in [0.5, 0.6) is 5.75 Å². The molecule has 1 saturated heterocycles. The Labute approximate surface area is 207 Å². The summed E-state index contributed by atoms with van der Waals surface area (Å²) in [6.45, 7) is 2.25. The number of benzene rings is 2. The second kappa shape index (κ2) is 9.76. The van der Waals surface area contributed by atoms with E-state index in [9.17, 15) is 13.7 Å². The largest absolute Gasteiger partial charge is 0.483 e. The van der Waals surface area contributed by atoms with E-state index in [0.717, 1.165) is 10.9 Å². The van der Waals surface area contributed by atoms with Crippen LogP contribution < -0.4 is 10.1 Å². The van der Waals surface area contributed by atoms with Crippen LogP contribution in [0.4, 0.5) is 21.6 Å². The number of hydrogen-bond acceptors (Lipinski definition) is 9. The Morgan fingerprint density at radius 2 is 2.08 bits per heavy atom. The van der Waals surface area contributed by atoms with Gasteiger partial charge in [0.1, 0.15) is 29.8 Å². The number of pyridine rings is 1. The maximum Gasteiger partial charge on any atom is 0.150 e. The number of nitrogens with one attached hydrogen (secondary N) is 1. The number of ether oxygens (including phenoxy) is 2. The quantitative estimate of drug-likeness (QED) is 0.398. The van der Waals surface area contributed by atoms with E-state index < -0.39 is 27.8 Å². The molecule has 0 radical (unpaired) electrons. The Morgan fingerprint density at radius 1 is 1.22 bits per heavy atom. The molecule has 0 saturated carbocycles. The first-order valence-electron chi connectivity index (χ1n) is 11.2. The third-order valence-corrected chi connectivity index (χ3v) is 7.42. The fourth-order valence-corrected chi connectivity index (χ4v) is 5.17. The lowest BCUT2D eigenvalue weighted by Crippen LogP contribution is -2.30. The molecule has 9 nitrogen and oxygen atoms in total. The average Bonchev–Trinajstić information content (AvgIpc) is 3.25. The summed E-state index contributed by atoms with van der Waals surface area (Å²) in [5, 5.41) is 14.0. The highest BCUT2D eigenvalue weighted by molar-refractivity contribution is 7.93. The van der Waals surface area contributed by atoms with Crippen molar-refractivity contribution in [2.45, 2.75) is 24.0 Å². The van der Waals surface area contributed by atoms with Gasteiger partial charge in [-0.3, -0.25) is 4.98 Å². The van der Waals surface area contributed by atoms with Crippen molar-refractivity contribution in [3.63, 3.8) is 0 Å². The number of rotatable bonds is 6. The maximum absolute atomic E-state index is 14.0. The highest BCUT2D eigenvalue weighted by Crippen LogP contribution is 2.35. The molecule has 11 heteroatoms. The van der Waals surface area contributed by atoms with Gasteiger partial charge >= 0.3 is 0 Å². The molecule has 0 amide bonds. The van der Waals surface area contributed by atoms with Crippen LogP contribution in [0.2, 0.25) is 0 Å². The number of aliphatic hydroxyl groups excluding tert-OH is 1. The summed E-state index contributed by atoms with van der Waals surface area (Å²) in [6.07, 6.45) is 4.72. The van der Waals surface area contributed by atoms with Crippen molar-refractivity contribution in [3.8, 4) is 5.75 Å². The zero-order chi connectivity index (χ0) is 25.3. The van der Waals surface area contributed by atoms with Crippen LogP contribution in [0.3, 0.4) is 0 Å². The van der Waals surface area contributed by atoms with Crippen molar-refractivity contribution in [2.75, 3.05) is 24.8 Å². The van der Waals surface area contributed by atoms with Gasteiger partial charge in [0.05, 0.1) is 44.7 Å². The topological polar surface area (TPSA) is 119 Å². The van der Waals surface area contributed by atoms with Gasteiger partial charge in [0.25, 0.3) is 0 Å². The zero-order valence-corrected chi connectivity index (χ0v) is 20.4. The molecular weight excluding hydrogens is 485 g/mol. The summed E-state index contributed by atoms with van der Waals surface area (Å²) in [5.41, 5.74) is 2.38. The minimum absolute atomic E-state index is 0.163. The predicted molar refractivity (Wildman–Crippen MR) is 134 cm³/mol. The Kier molecular flexibility index (Phi) is 6.52. The van der Waals surface area contributed by atoms with E-state index >= 15 is 0 Å². The second-order valence-electron chi connectivity index (χ2n) is 8.49. The number of aromatic nitrogens is 3. The molecule has 3 atom stereocenters. The van der Waals surface area contributed by atoms with Crippen LogP contribution in [-0.2, 0) is 14.5 Å². The fraction of sp³-hybridized carbons (Fsp3) is 0.240. The Morgan fingerprint density at radius 3 is 2.83 bits per heavy atom. The van der Waals surface area contributed by atoms with E-state index in [0.29, 0.717) is 27.6 Å². The Bertz CT molecular complexity index is 1540. The number of anilines is 2. The van der Waals surface area contributed by atoms with Crippen LogP contribution in [0.25, 0.3) is 10.9 Å². The van der Waals surface area contributed by atoms with Gasteiger partial charge < -0.3 is 19.9 Å². The highest BCUT2D eigenvalue weighted by Gasteiger charge is 2.29. The lowest BCUT2D eigenvalue weighted by molar-refractivity contribution is 0.0736. The molecule has 1 fully saturated rings. The maximum atomic E-state index is 14.0. The summed E-state index contributed by atoms with van der Waals surface area (Å²) in [6, 6.07) is 11.1. The third kappa shape index (κ3) is 4.99. The highest BCUT2D eigenvalue weighted by atomic mass is 32.2. The van der Waals surface area contributed by atoms with Gasteiger partial charge in [0.2, 0.25) is 0 Å². The SMILES string of the molecule is Cc1cc(N=S(C)(=O)c2cccnc2)cc2ncnc(Nc3ccc(F)cc3O[C@H]3COC[C@@H]3O)c12. The van der Waals surface area contributed by atoms with Crippen LogP contribution >= 0.6 is 0 Å². The van der Waals surface area contributed by atoms with Crippen molar-refractivity contribution < 1.29 is 23.2 Å². The van der Waals surface area contributed by atoms with Crippen molar-refractivity contribution in [1.82, 2.24) is 15.0 Å². The van der Waals surface area contributed by atoms with E-state index in [1.54, 1.807) is 42.9 Å². The molecule has 2 aromatic carbocycles. The Balaban J connectivity index is 1.51. The van der Waals surface area contributed by atoms with Crippen LogP contribution in [0.15, 0.2) is 70.4 Å². The van der Waals surface area contributed by atoms with Gasteiger partial charge in [-0.15, -0.1) is 0 Å². The van der Waals surface area contributed by atoms with Crippen LogP contribution in [-0.4, -0.2) is 55.9 Å². The van der Waals surface area contributed by atoms with Gasteiger partial charge in [0, 0.05) is 30.1 Å². The molecule has 0 bridgehead atoms. The summed E-state index contributed by atoms with van der Waals surface area (Å²) in [4.78, 5) is 13.3. The molecule has 1 unspecified atom stereocenters. The molecule has 5 rings (SSSR count). The monoisotopic (exact) mass is 509 g/mol. The second-order valence-corrected chi connectivity index (χ2v) is 10.7. The van der Waals surface area contributed by atoms with E-state index in [1.165, 1.54) is 18.5 Å². The van der Waals surface area contributed by atoms with E-state index in [2.05, 4.69) is 24.6 Å². The minimum atomic E-state index is -2.71. The summed E-state index contributed by atoms with van der Waals surface area (Å²) < 4.78 is 42.8. The van der Waals surface area contributed by atoms with E-state index in [1.807, 2.05) is 13.0 Å². The van der Waals surface area contributed by atoms with E-state index in [4.69, 9.17) is 9.47 Å². The van der Waals surface area contributed by atoms with Gasteiger partial charge in [-0.05, 0) is 48.9 Å². The minimum Gasteiger partial charge on any atom is -0.483 e. The lowest BCUT2D eigenvalue weighted by Gasteiger charge is -2.19. The molecule has 2 N–H and O–H groups in total. The molecule has 4 aromatic rings. The van der Waals surface area contributed by atoms with Crippen LogP contribution in [0.1, 0.15) is 5.56 Å². The first-order chi connectivity index (χ1) is 17.3.